The lowest BCUT2D eigenvalue weighted by molar-refractivity contribution is 0.173. The van der Waals surface area contributed by atoms with Gasteiger partial charge in [0.15, 0.2) is 0 Å². The minimum Gasteiger partial charge on any atom is -0.394 e. The van der Waals surface area contributed by atoms with Gasteiger partial charge in [0.1, 0.15) is 11.6 Å². The average Bonchev–Trinajstić information content (AvgIpc) is 2.22. The molecule has 0 aliphatic rings. The summed E-state index contributed by atoms with van der Waals surface area (Å²) in [6.07, 6.45) is 0. The van der Waals surface area contributed by atoms with E-state index >= 15 is 0 Å². The van der Waals surface area contributed by atoms with Crippen LogP contribution in [0.5, 0.6) is 0 Å². The van der Waals surface area contributed by atoms with E-state index in [1.807, 2.05) is 6.92 Å². The van der Waals surface area contributed by atoms with Crippen molar-refractivity contribution in [3.8, 4) is 0 Å². The SMILES string of the molecule is CCNC(C)(CO)c1cc(F)ccc1F. The van der Waals surface area contributed by atoms with E-state index in [9.17, 15) is 13.9 Å². The second-order valence-electron chi connectivity index (χ2n) is 3.64. The van der Waals surface area contributed by atoms with Crippen LogP contribution in [0.2, 0.25) is 0 Å². The van der Waals surface area contributed by atoms with E-state index in [1.54, 1.807) is 6.92 Å². The lowest BCUT2D eigenvalue weighted by Crippen LogP contribution is -2.43. The highest BCUT2D eigenvalue weighted by Crippen LogP contribution is 2.23. The Morgan fingerprint density at radius 1 is 1.40 bits per heavy atom. The second kappa shape index (κ2) is 4.68. The molecule has 1 rings (SSSR count). The molecule has 1 aromatic carbocycles. The molecule has 4 heteroatoms. The van der Waals surface area contributed by atoms with Crippen molar-refractivity contribution in [3.05, 3.63) is 35.4 Å². The van der Waals surface area contributed by atoms with Crippen molar-refractivity contribution in [3.63, 3.8) is 0 Å². The standard InChI is InChI=1S/C11H15F2NO/c1-3-14-11(2,7-15)9-6-8(12)4-5-10(9)13/h4-6,14-15H,3,7H2,1-2H3. The molecule has 0 spiro atoms. The zero-order valence-electron chi connectivity index (χ0n) is 8.85. The quantitative estimate of drug-likeness (QED) is 0.802. The smallest absolute Gasteiger partial charge is 0.128 e. The maximum atomic E-state index is 13.5. The molecule has 0 saturated carbocycles. The van der Waals surface area contributed by atoms with Crippen molar-refractivity contribution in [1.29, 1.82) is 0 Å². The van der Waals surface area contributed by atoms with Gasteiger partial charge in [-0.25, -0.2) is 8.78 Å². The Hall–Kier alpha value is -1.00. The Kier molecular flexibility index (Phi) is 3.77. The molecule has 2 N–H and O–H groups in total. The molecule has 1 aromatic rings. The average molecular weight is 215 g/mol. The fraction of sp³-hybridized carbons (Fsp3) is 0.455. The third-order valence-electron chi connectivity index (χ3n) is 2.41. The van der Waals surface area contributed by atoms with Crippen LogP contribution in [0.4, 0.5) is 8.78 Å². The van der Waals surface area contributed by atoms with Gasteiger partial charge in [0, 0.05) is 5.56 Å². The van der Waals surface area contributed by atoms with E-state index in [2.05, 4.69) is 5.32 Å². The van der Waals surface area contributed by atoms with Gasteiger partial charge >= 0.3 is 0 Å². The lowest BCUT2D eigenvalue weighted by atomic mass is 9.92. The van der Waals surface area contributed by atoms with Gasteiger partial charge in [-0.1, -0.05) is 6.92 Å². The summed E-state index contributed by atoms with van der Waals surface area (Å²) in [6.45, 7) is 3.74. The molecule has 15 heavy (non-hydrogen) atoms. The zero-order chi connectivity index (χ0) is 11.5. The third-order valence-corrected chi connectivity index (χ3v) is 2.41. The molecule has 0 radical (unpaired) electrons. The van der Waals surface area contributed by atoms with E-state index in [4.69, 9.17) is 0 Å². The highest BCUT2D eigenvalue weighted by molar-refractivity contribution is 5.26. The molecular formula is C11H15F2NO. The Morgan fingerprint density at radius 2 is 2.07 bits per heavy atom. The molecule has 0 aliphatic heterocycles. The molecule has 0 saturated heterocycles. The fourth-order valence-corrected chi connectivity index (χ4v) is 1.55. The number of aliphatic hydroxyl groups is 1. The highest BCUT2D eigenvalue weighted by Gasteiger charge is 2.28. The maximum absolute atomic E-state index is 13.5. The first-order valence-electron chi connectivity index (χ1n) is 4.85. The van der Waals surface area contributed by atoms with Crippen LogP contribution >= 0.6 is 0 Å². The van der Waals surface area contributed by atoms with Gasteiger partial charge in [0.2, 0.25) is 0 Å². The van der Waals surface area contributed by atoms with Crippen LogP contribution in [0.1, 0.15) is 19.4 Å². The number of halogens is 2. The molecule has 0 bridgehead atoms. The number of nitrogens with one attached hydrogen (secondary N) is 1. The van der Waals surface area contributed by atoms with E-state index < -0.39 is 17.2 Å². The van der Waals surface area contributed by atoms with Crippen LogP contribution in [-0.4, -0.2) is 18.3 Å². The molecule has 0 fully saturated rings. The van der Waals surface area contributed by atoms with Crippen molar-refractivity contribution < 1.29 is 13.9 Å². The first kappa shape index (κ1) is 12.1. The molecule has 84 valence electrons. The molecule has 1 atom stereocenters. The Balaban J connectivity index is 3.16. The topological polar surface area (TPSA) is 32.3 Å². The normalized spacial score (nSPS) is 15.0. The maximum Gasteiger partial charge on any atom is 0.128 e. The molecule has 0 amide bonds. The van der Waals surface area contributed by atoms with Crippen LogP contribution in [0, 0.1) is 11.6 Å². The molecule has 2 nitrogen and oxygen atoms in total. The fourth-order valence-electron chi connectivity index (χ4n) is 1.55. The largest absolute Gasteiger partial charge is 0.394 e. The predicted octanol–water partition coefficient (Wildman–Crippen LogP) is 1.78. The van der Waals surface area contributed by atoms with E-state index in [1.165, 1.54) is 0 Å². The Morgan fingerprint density at radius 3 is 2.60 bits per heavy atom. The number of benzene rings is 1. The van der Waals surface area contributed by atoms with Crippen LogP contribution in [0.3, 0.4) is 0 Å². The third kappa shape index (κ3) is 2.52. The Bertz CT molecular complexity index is 343. The second-order valence-corrected chi connectivity index (χ2v) is 3.64. The van der Waals surface area contributed by atoms with Crippen LogP contribution in [-0.2, 0) is 5.54 Å². The van der Waals surface area contributed by atoms with Gasteiger partial charge in [0.25, 0.3) is 0 Å². The lowest BCUT2D eigenvalue weighted by Gasteiger charge is -2.29. The highest BCUT2D eigenvalue weighted by atomic mass is 19.1. The number of aliphatic hydroxyl groups excluding tert-OH is 1. The predicted molar refractivity (Wildman–Crippen MR) is 54.5 cm³/mol. The molecule has 0 heterocycles. The monoisotopic (exact) mass is 215 g/mol. The molecule has 0 aromatic heterocycles. The minimum absolute atomic E-state index is 0.145. The Labute approximate surface area is 87.9 Å². The van der Waals surface area contributed by atoms with E-state index in [-0.39, 0.29) is 12.2 Å². The van der Waals surface area contributed by atoms with Crippen molar-refractivity contribution >= 4 is 0 Å². The first-order valence-corrected chi connectivity index (χ1v) is 4.85. The molecule has 0 aliphatic carbocycles. The summed E-state index contributed by atoms with van der Waals surface area (Å²) >= 11 is 0. The molecule has 1 unspecified atom stereocenters. The van der Waals surface area contributed by atoms with Crippen molar-refractivity contribution in [2.24, 2.45) is 0 Å². The van der Waals surface area contributed by atoms with Crippen molar-refractivity contribution in [1.82, 2.24) is 5.32 Å². The summed E-state index contributed by atoms with van der Waals surface area (Å²) in [5, 5.41) is 12.2. The van der Waals surface area contributed by atoms with Gasteiger partial charge in [-0.15, -0.1) is 0 Å². The van der Waals surface area contributed by atoms with E-state index in [0.29, 0.717) is 6.54 Å². The summed E-state index contributed by atoms with van der Waals surface area (Å²) in [7, 11) is 0. The minimum atomic E-state index is -0.944. The van der Waals surface area contributed by atoms with Crippen molar-refractivity contribution in [2.45, 2.75) is 19.4 Å². The number of likely N-dealkylation sites (N-methyl/N-ethyl adjacent to an activating group) is 1. The van der Waals surface area contributed by atoms with Crippen LogP contribution in [0.25, 0.3) is 0 Å². The summed E-state index contributed by atoms with van der Waals surface area (Å²) in [5.41, 5.74) is -0.798. The van der Waals surface area contributed by atoms with E-state index in [0.717, 1.165) is 18.2 Å². The van der Waals surface area contributed by atoms with Crippen LogP contribution in [0.15, 0.2) is 18.2 Å². The summed E-state index contributed by atoms with van der Waals surface area (Å²) in [6, 6.07) is 3.23. The summed E-state index contributed by atoms with van der Waals surface area (Å²) in [5.74, 6) is -1.03. The van der Waals surface area contributed by atoms with Gasteiger partial charge in [-0.3, -0.25) is 0 Å². The first-order chi connectivity index (χ1) is 7.03. The number of hydrogen-bond donors (Lipinski definition) is 2. The summed E-state index contributed by atoms with van der Waals surface area (Å²) in [4.78, 5) is 0. The molecular weight excluding hydrogens is 200 g/mol. The zero-order valence-corrected chi connectivity index (χ0v) is 8.85. The number of rotatable bonds is 4. The van der Waals surface area contributed by atoms with Gasteiger partial charge in [0.05, 0.1) is 12.1 Å². The summed E-state index contributed by atoms with van der Waals surface area (Å²) < 4.78 is 26.4. The van der Waals surface area contributed by atoms with Gasteiger partial charge < -0.3 is 10.4 Å². The van der Waals surface area contributed by atoms with Gasteiger partial charge in [-0.05, 0) is 31.7 Å². The van der Waals surface area contributed by atoms with Gasteiger partial charge in [-0.2, -0.15) is 0 Å². The number of hydrogen-bond acceptors (Lipinski definition) is 2. The van der Waals surface area contributed by atoms with Crippen molar-refractivity contribution in [2.75, 3.05) is 13.2 Å². The van der Waals surface area contributed by atoms with Crippen LogP contribution < -0.4 is 5.32 Å².